The number of aromatic nitrogens is 3. The number of rotatable bonds is 6. The van der Waals surface area contributed by atoms with Crippen LogP contribution in [0.25, 0.3) is 11.5 Å². The SMILES string of the molecule is CCCN1CCC(Cc2noc(-c3cccnc3OC)n2)CC1. The molecule has 2 aromatic rings. The van der Waals surface area contributed by atoms with Crippen LogP contribution in [-0.2, 0) is 6.42 Å². The summed E-state index contributed by atoms with van der Waals surface area (Å²) in [6, 6.07) is 3.72. The van der Waals surface area contributed by atoms with E-state index in [0.717, 1.165) is 17.8 Å². The Labute approximate surface area is 136 Å². The van der Waals surface area contributed by atoms with Gasteiger partial charge < -0.3 is 14.2 Å². The highest BCUT2D eigenvalue weighted by molar-refractivity contribution is 5.59. The summed E-state index contributed by atoms with van der Waals surface area (Å²) in [6.45, 7) is 5.80. The molecule has 3 heterocycles. The van der Waals surface area contributed by atoms with E-state index in [4.69, 9.17) is 9.26 Å². The van der Waals surface area contributed by atoms with Crippen LogP contribution < -0.4 is 4.74 Å². The van der Waals surface area contributed by atoms with Crippen molar-refractivity contribution in [3.8, 4) is 17.3 Å². The van der Waals surface area contributed by atoms with Crippen LogP contribution in [0.2, 0.25) is 0 Å². The molecule has 0 amide bonds. The van der Waals surface area contributed by atoms with E-state index in [9.17, 15) is 0 Å². The fourth-order valence-electron chi connectivity index (χ4n) is 3.15. The van der Waals surface area contributed by atoms with E-state index in [2.05, 4.69) is 26.9 Å². The van der Waals surface area contributed by atoms with E-state index in [1.807, 2.05) is 12.1 Å². The molecule has 0 aliphatic carbocycles. The van der Waals surface area contributed by atoms with Crippen molar-refractivity contribution in [2.75, 3.05) is 26.7 Å². The first kappa shape index (κ1) is 15.9. The quantitative estimate of drug-likeness (QED) is 0.816. The zero-order valence-electron chi connectivity index (χ0n) is 13.9. The Kier molecular flexibility index (Phi) is 5.23. The highest BCUT2D eigenvalue weighted by Gasteiger charge is 2.22. The Balaban J connectivity index is 1.62. The molecule has 0 bridgehead atoms. The lowest BCUT2D eigenvalue weighted by atomic mass is 9.93. The predicted octanol–water partition coefficient (Wildman–Crippen LogP) is 2.80. The van der Waals surface area contributed by atoms with E-state index >= 15 is 0 Å². The molecule has 0 aromatic carbocycles. The second-order valence-corrected chi connectivity index (χ2v) is 6.07. The number of hydrogen-bond donors (Lipinski definition) is 0. The van der Waals surface area contributed by atoms with Crippen molar-refractivity contribution in [1.82, 2.24) is 20.0 Å². The second-order valence-electron chi connectivity index (χ2n) is 6.07. The molecule has 0 atom stereocenters. The van der Waals surface area contributed by atoms with Gasteiger partial charge in [-0.1, -0.05) is 12.1 Å². The van der Waals surface area contributed by atoms with Gasteiger partial charge in [0, 0.05) is 12.6 Å². The van der Waals surface area contributed by atoms with Gasteiger partial charge in [-0.15, -0.1) is 0 Å². The van der Waals surface area contributed by atoms with Crippen LogP contribution in [0.3, 0.4) is 0 Å². The summed E-state index contributed by atoms with van der Waals surface area (Å²) >= 11 is 0. The number of piperidine rings is 1. The molecule has 6 heteroatoms. The number of nitrogens with zero attached hydrogens (tertiary/aromatic N) is 4. The molecule has 0 spiro atoms. The molecule has 0 unspecified atom stereocenters. The normalized spacial score (nSPS) is 16.6. The Morgan fingerprint density at radius 2 is 2.17 bits per heavy atom. The third kappa shape index (κ3) is 3.88. The molecule has 0 N–H and O–H groups in total. The monoisotopic (exact) mass is 316 g/mol. The molecular weight excluding hydrogens is 292 g/mol. The first-order valence-corrected chi connectivity index (χ1v) is 8.34. The lowest BCUT2D eigenvalue weighted by Crippen LogP contribution is -2.34. The minimum Gasteiger partial charge on any atom is -0.480 e. The largest absolute Gasteiger partial charge is 0.480 e. The van der Waals surface area contributed by atoms with E-state index in [-0.39, 0.29) is 0 Å². The van der Waals surface area contributed by atoms with Crippen molar-refractivity contribution < 1.29 is 9.26 Å². The molecule has 0 radical (unpaired) electrons. The zero-order valence-corrected chi connectivity index (χ0v) is 13.9. The van der Waals surface area contributed by atoms with E-state index in [0.29, 0.717) is 17.7 Å². The van der Waals surface area contributed by atoms with Gasteiger partial charge in [0.25, 0.3) is 5.89 Å². The zero-order chi connectivity index (χ0) is 16.1. The number of hydrogen-bond acceptors (Lipinski definition) is 6. The molecule has 1 saturated heterocycles. The van der Waals surface area contributed by atoms with Gasteiger partial charge in [-0.2, -0.15) is 4.98 Å². The predicted molar refractivity (Wildman–Crippen MR) is 87.2 cm³/mol. The molecular formula is C17H24N4O2. The van der Waals surface area contributed by atoms with Gasteiger partial charge in [0.1, 0.15) is 5.56 Å². The summed E-state index contributed by atoms with van der Waals surface area (Å²) in [7, 11) is 1.59. The van der Waals surface area contributed by atoms with Crippen molar-refractivity contribution in [2.24, 2.45) is 5.92 Å². The van der Waals surface area contributed by atoms with Crippen molar-refractivity contribution in [1.29, 1.82) is 0 Å². The number of methoxy groups -OCH3 is 1. The topological polar surface area (TPSA) is 64.3 Å². The number of pyridine rings is 1. The van der Waals surface area contributed by atoms with Gasteiger partial charge in [0.2, 0.25) is 5.88 Å². The van der Waals surface area contributed by atoms with Crippen LogP contribution in [0, 0.1) is 5.92 Å². The maximum Gasteiger partial charge on any atom is 0.263 e. The molecule has 23 heavy (non-hydrogen) atoms. The van der Waals surface area contributed by atoms with Gasteiger partial charge in [-0.3, -0.25) is 0 Å². The summed E-state index contributed by atoms with van der Waals surface area (Å²) in [4.78, 5) is 11.2. The maximum atomic E-state index is 5.40. The van der Waals surface area contributed by atoms with Crippen LogP contribution in [0.1, 0.15) is 32.0 Å². The molecule has 2 aromatic heterocycles. The number of ether oxygens (including phenoxy) is 1. The van der Waals surface area contributed by atoms with Crippen LogP contribution in [-0.4, -0.2) is 46.8 Å². The average molecular weight is 316 g/mol. The third-order valence-electron chi connectivity index (χ3n) is 4.38. The molecule has 124 valence electrons. The first-order chi connectivity index (χ1) is 11.3. The number of likely N-dealkylation sites (tertiary alicyclic amines) is 1. The molecule has 0 saturated carbocycles. The van der Waals surface area contributed by atoms with Gasteiger partial charge >= 0.3 is 0 Å². The van der Waals surface area contributed by atoms with Crippen LogP contribution >= 0.6 is 0 Å². The van der Waals surface area contributed by atoms with Crippen molar-refractivity contribution in [3.05, 3.63) is 24.2 Å². The molecule has 1 aliphatic heterocycles. The van der Waals surface area contributed by atoms with E-state index < -0.39 is 0 Å². The van der Waals surface area contributed by atoms with Crippen molar-refractivity contribution in [2.45, 2.75) is 32.6 Å². The summed E-state index contributed by atoms with van der Waals surface area (Å²) in [6.07, 6.45) is 6.21. The Bertz CT molecular complexity index is 621. The third-order valence-corrected chi connectivity index (χ3v) is 4.38. The van der Waals surface area contributed by atoms with Gasteiger partial charge in [0.05, 0.1) is 7.11 Å². The van der Waals surface area contributed by atoms with E-state index in [1.54, 1.807) is 13.3 Å². The highest BCUT2D eigenvalue weighted by Crippen LogP contribution is 2.27. The lowest BCUT2D eigenvalue weighted by molar-refractivity contribution is 0.182. The van der Waals surface area contributed by atoms with Crippen LogP contribution in [0.5, 0.6) is 5.88 Å². The van der Waals surface area contributed by atoms with E-state index in [1.165, 1.54) is 38.9 Å². The lowest BCUT2D eigenvalue weighted by Gasteiger charge is -2.31. The smallest absolute Gasteiger partial charge is 0.263 e. The van der Waals surface area contributed by atoms with Crippen molar-refractivity contribution >= 4 is 0 Å². The maximum absolute atomic E-state index is 5.40. The molecule has 1 fully saturated rings. The first-order valence-electron chi connectivity index (χ1n) is 8.34. The molecule has 6 nitrogen and oxygen atoms in total. The summed E-state index contributed by atoms with van der Waals surface area (Å²) in [5.41, 5.74) is 0.742. The fourth-order valence-corrected chi connectivity index (χ4v) is 3.15. The van der Waals surface area contributed by atoms with Gasteiger partial charge in [-0.25, -0.2) is 4.98 Å². The second kappa shape index (κ2) is 7.55. The summed E-state index contributed by atoms with van der Waals surface area (Å²) in [5.74, 6) is 2.41. The molecule has 3 rings (SSSR count). The highest BCUT2D eigenvalue weighted by atomic mass is 16.5. The standard InChI is InChI=1S/C17H24N4O2/c1-3-9-21-10-6-13(7-11-21)12-15-19-17(23-20-15)14-5-4-8-18-16(14)22-2/h4-5,8,13H,3,6-7,9-12H2,1-2H3. The molecule has 1 aliphatic rings. The van der Waals surface area contributed by atoms with Crippen molar-refractivity contribution in [3.63, 3.8) is 0 Å². The van der Waals surface area contributed by atoms with Crippen LogP contribution in [0.4, 0.5) is 0 Å². The van der Waals surface area contributed by atoms with Gasteiger partial charge in [-0.05, 0) is 56.9 Å². The minimum atomic E-state index is 0.480. The Hall–Kier alpha value is -1.95. The van der Waals surface area contributed by atoms with Gasteiger partial charge in [0.15, 0.2) is 5.82 Å². The Morgan fingerprint density at radius 1 is 1.35 bits per heavy atom. The summed E-state index contributed by atoms with van der Waals surface area (Å²) < 4.78 is 10.7. The summed E-state index contributed by atoms with van der Waals surface area (Å²) in [5, 5.41) is 4.13. The average Bonchev–Trinajstić information content (AvgIpc) is 3.05. The Morgan fingerprint density at radius 3 is 2.91 bits per heavy atom. The minimum absolute atomic E-state index is 0.480. The fraction of sp³-hybridized carbons (Fsp3) is 0.588. The van der Waals surface area contributed by atoms with Crippen LogP contribution in [0.15, 0.2) is 22.9 Å².